The fourth-order valence-electron chi connectivity index (χ4n) is 4.58. The number of nitrogens with one attached hydrogen (secondary N) is 2. The highest BCUT2D eigenvalue weighted by molar-refractivity contribution is 5.90. The maximum atomic E-state index is 13.3. The Bertz CT molecular complexity index is 1390. The first-order valence-electron chi connectivity index (χ1n) is 11.9. The molecule has 1 atom stereocenters. The number of halogens is 1. The van der Waals surface area contributed by atoms with E-state index in [0.717, 1.165) is 16.8 Å². The molecule has 0 radical (unpaired) electrons. The summed E-state index contributed by atoms with van der Waals surface area (Å²) in [5, 5.41) is 27.6. The first-order chi connectivity index (χ1) is 17.2. The summed E-state index contributed by atoms with van der Waals surface area (Å²) < 4.78 is 13.3. The van der Waals surface area contributed by atoms with Gasteiger partial charge in [0, 0.05) is 18.5 Å². The zero-order chi connectivity index (χ0) is 25.6. The maximum absolute atomic E-state index is 13.3. The van der Waals surface area contributed by atoms with Gasteiger partial charge in [0.1, 0.15) is 17.3 Å². The largest absolute Gasteiger partial charge is 0.505 e. The van der Waals surface area contributed by atoms with Gasteiger partial charge in [-0.3, -0.25) is 5.10 Å². The minimum Gasteiger partial charge on any atom is -0.505 e. The van der Waals surface area contributed by atoms with Gasteiger partial charge in [-0.1, -0.05) is 13.5 Å². The van der Waals surface area contributed by atoms with Crippen molar-refractivity contribution in [3.63, 3.8) is 0 Å². The fraction of sp³-hybridized carbons (Fsp3) is 0.360. The van der Waals surface area contributed by atoms with Crippen molar-refractivity contribution in [2.75, 3.05) is 13.1 Å². The molecule has 10 nitrogen and oxygen atoms in total. The average Bonchev–Trinajstić information content (AvgIpc) is 3.63. The Labute approximate surface area is 206 Å². The number of allylic oxidation sites excluding steroid dienone is 4. The lowest BCUT2D eigenvalue weighted by molar-refractivity contribution is 0.145. The number of nitrogens with zero attached hydrogens (tertiary/aromatic N) is 5. The second-order valence-electron chi connectivity index (χ2n) is 9.12. The van der Waals surface area contributed by atoms with Crippen LogP contribution in [0.2, 0.25) is 0 Å². The van der Waals surface area contributed by atoms with Crippen LogP contribution in [0.5, 0.6) is 0 Å². The highest BCUT2D eigenvalue weighted by atomic mass is 19.1. The third-order valence-electron chi connectivity index (χ3n) is 6.65. The van der Waals surface area contributed by atoms with Crippen LogP contribution in [0.1, 0.15) is 43.8 Å². The number of hydrogen-bond donors (Lipinski definition) is 4. The van der Waals surface area contributed by atoms with Gasteiger partial charge in [-0.05, 0) is 49.1 Å². The Hall–Kier alpha value is -3.99. The summed E-state index contributed by atoms with van der Waals surface area (Å²) >= 11 is 0. The average molecular weight is 494 g/mol. The maximum Gasteiger partial charge on any atom is 0.320 e. The second kappa shape index (κ2) is 9.23. The normalized spacial score (nSPS) is 18.7. The van der Waals surface area contributed by atoms with Gasteiger partial charge in [-0.15, -0.1) is 0 Å². The number of aromatic nitrogens is 5. The van der Waals surface area contributed by atoms with E-state index in [2.05, 4.69) is 26.7 Å². The number of β-amino-alcohol motifs (C(OH)–C–C–N with tert-alkyl or cyclic N) is 1. The second-order valence-corrected chi connectivity index (χ2v) is 9.12. The summed E-state index contributed by atoms with van der Waals surface area (Å²) in [6.07, 6.45) is 2.06. The molecule has 2 amide bonds. The molecule has 1 fully saturated rings. The monoisotopic (exact) mass is 493 g/mol. The molecule has 4 N–H and O–H groups in total. The molecule has 0 spiro atoms. The molecule has 0 saturated carbocycles. The number of likely N-dealkylation sites (tertiary alicyclic amines) is 1. The Morgan fingerprint density at radius 1 is 1.31 bits per heavy atom. The van der Waals surface area contributed by atoms with Gasteiger partial charge < -0.3 is 25.0 Å². The van der Waals surface area contributed by atoms with E-state index in [1.54, 1.807) is 15.9 Å². The SMILES string of the molecule is C=C(/C(=C\C(O)=C(/C)F)CC)c1ccc2c(-c3nc4c([nH]3)CN(C(=O)N3CC[C@H](O)C3)C4)[nH]nc2n1. The first-order valence-corrected chi connectivity index (χ1v) is 11.9. The molecule has 3 aromatic heterocycles. The van der Waals surface area contributed by atoms with Crippen molar-refractivity contribution in [3.05, 3.63) is 59.0 Å². The minimum absolute atomic E-state index is 0.0885. The van der Waals surface area contributed by atoms with Crippen LogP contribution in [0.3, 0.4) is 0 Å². The summed E-state index contributed by atoms with van der Waals surface area (Å²) in [4.78, 5) is 28.7. The van der Waals surface area contributed by atoms with E-state index < -0.39 is 17.7 Å². The highest BCUT2D eigenvalue weighted by Gasteiger charge is 2.33. The van der Waals surface area contributed by atoms with E-state index in [4.69, 9.17) is 4.98 Å². The Morgan fingerprint density at radius 3 is 2.78 bits per heavy atom. The number of hydrogen-bond acceptors (Lipinski definition) is 6. The molecule has 0 aliphatic carbocycles. The number of H-pyrrole nitrogens is 2. The van der Waals surface area contributed by atoms with Crippen molar-refractivity contribution in [1.29, 1.82) is 0 Å². The molecular weight excluding hydrogens is 465 g/mol. The molecule has 3 aromatic rings. The van der Waals surface area contributed by atoms with Gasteiger partial charge in [-0.25, -0.2) is 19.2 Å². The number of carbonyl (C=O) groups excluding carboxylic acids is 1. The summed E-state index contributed by atoms with van der Waals surface area (Å²) in [6, 6.07) is 3.58. The number of aliphatic hydroxyl groups is 2. The van der Waals surface area contributed by atoms with Gasteiger partial charge in [-0.2, -0.15) is 5.10 Å². The van der Waals surface area contributed by atoms with Gasteiger partial charge >= 0.3 is 6.03 Å². The molecular formula is C25H28FN7O3. The van der Waals surface area contributed by atoms with Gasteiger partial charge in [0.05, 0.1) is 36.3 Å². The van der Waals surface area contributed by atoms with Gasteiger partial charge in [0.15, 0.2) is 11.5 Å². The molecule has 0 unspecified atom stereocenters. The molecule has 0 aromatic carbocycles. The number of pyridine rings is 1. The number of rotatable bonds is 5. The third-order valence-corrected chi connectivity index (χ3v) is 6.65. The van der Waals surface area contributed by atoms with E-state index in [-0.39, 0.29) is 6.03 Å². The topological polar surface area (TPSA) is 134 Å². The minimum atomic E-state index is -0.665. The van der Waals surface area contributed by atoms with E-state index >= 15 is 0 Å². The van der Waals surface area contributed by atoms with Crippen LogP contribution < -0.4 is 0 Å². The van der Waals surface area contributed by atoms with Crippen LogP contribution in [0, 0.1) is 0 Å². The molecule has 2 aliphatic rings. The van der Waals surface area contributed by atoms with Crippen LogP contribution in [0.4, 0.5) is 9.18 Å². The molecule has 0 bridgehead atoms. The summed E-state index contributed by atoms with van der Waals surface area (Å²) in [6.45, 7) is 8.91. The van der Waals surface area contributed by atoms with Crippen LogP contribution in [-0.2, 0) is 13.1 Å². The fourth-order valence-corrected chi connectivity index (χ4v) is 4.58. The quantitative estimate of drug-likeness (QED) is 0.314. The Balaban J connectivity index is 1.35. The first kappa shape index (κ1) is 23.7. The lowest BCUT2D eigenvalue weighted by atomic mass is 10.0. The number of aromatic amines is 2. The van der Waals surface area contributed by atoms with E-state index in [0.29, 0.717) is 73.0 Å². The number of urea groups is 1. The summed E-state index contributed by atoms with van der Waals surface area (Å²) in [5.74, 6) is -0.482. The number of aliphatic hydroxyl groups excluding tert-OH is 2. The van der Waals surface area contributed by atoms with Crippen LogP contribution in [0.25, 0.3) is 28.1 Å². The zero-order valence-electron chi connectivity index (χ0n) is 20.2. The van der Waals surface area contributed by atoms with Crippen LogP contribution in [-0.4, -0.2) is 70.4 Å². The number of amides is 2. The standard InChI is InChI=1S/C25H28FN7O3/c1-4-15(9-21(35)14(3)26)13(2)18-6-5-17-22(30-31-23(17)27-18)24-28-19-11-33(12-20(19)29-24)25(36)32-8-7-16(34)10-32/h5-6,9,16,34-35H,2,4,7-8,10-12H2,1,3H3,(H,28,29)(H,27,30,31)/b15-9-,21-14-/t16-/m0/s1. The molecule has 5 heterocycles. The van der Waals surface area contributed by atoms with Crippen molar-refractivity contribution in [2.24, 2.45) is 0 Å². The van der Waals surface area contributed by atoms with Gasteiger partial charge in [0.25, 0.3) is 0 Å². The molecule has 36 heavy (non-hydrogen) atoms. The molecule has 1 saturated heterocycles. The van der Waals surface area contributed by atoms with Crippen molar-refractivity contribution >= 4 is 22.6 Å². The van der Waals surface area contributed by atoms with Crippen molar-refractivity contribution in [3.8, 4) is 11.5 Å². The number of imidazole rings is 1. The lowest BCUT2D eigenvalue weighted by Gasteiger charge is -2.23. The molecule has 5 rings (SSSR count). The lowest BCUT2D eigenvalue weighted by Crippen LogP contribution is -2.39. The Kier molecular flexibility index (Phi) is 6.09. The van der Waals surface area contributed by atoms with E-state index in [1.165, 1.54) is 13.0 Å². The van der Waals surface area contributed by atoms with E-state index in [9.17, 15) is 19.4 Å². The van der Waals surface area contributed by atoms with Gasteiger partial charge in [0.2, 0.25) is 0 Å². The number of carbonyl (C=O) groups is 1. The molecule has 188 valence electrons. The summed E-state index contributed by atoms with van der Waals surface area (Å²) in [7, 11) is 0. The van der Waals surface area contributed by atoms with Crippen LogP contribution >= 0.6 is 0 Å². The van der Waals surface area contributed by atoms with E-state index in [1.807, 2.05) is 13.0 Å². The predicted molar refractivity (Wildman–Crippen MR) is 132 cm³/mol. The van der Waals surface area contributed by atoms with Crippen LogP contribution in [0.15, 0.2) is 41.9 Å². The third kappa shape index (κ3) is 4.26. The summed E-state index contributed by atoms with van der Waals surface area (Å²) in [5.41, 5.74) is 4.63. The van der Waals surface area contributed by atoms with Crippen molar-refractivity contribution < 1.29 is 19.4 Å². The van der Waals surface area contributed by atoms with Crippen molar-refractivity contribution in [2.45, 2.75) is 45.9 Å². The van der Waals surface area contributed by atoms with Crippen molar-refractivity contribution in [1.82, 2.24) is 34.9 Å². The highest BCUT2D eigenvalue weighted by Crippen LogP contribution is 2.31. The zero-order valence-corrected chi connectivity index (χ0v) is 20.2. The molecule has 2 aliphatic heterocycles. The smallest absolute Gasteiger partial charge is 0.320 e. The number of fused-ring (bicyclic) bond motifs is 2. The predicted octanol–water partition coefficient (Wildman–Crippen LogP) is 3.96. The Morgan fingerprint density at radius 2 is 2.11 bits per heavy atom. The molecule has 11 heteroatoms.